The summed E-state index contributed by atoms with van der Waals surface area (Å²) in [6.07, 6.45) is 7.29. The van der Waals surface area contributed by atoms with Gasteiger partial charge < -0.3 is 9.47 Å². The van der Waals surface area contributed by atoms with Crippen LogP contribution < -0.4 is 20.0 Å². The van der Waals surface area contributed by atoms with E-state index in [0.717, 1.165) is 71.9 Å². The molecule has 0 amide bonds. The third kappa shape index (κ3) is 6.01. The normalized spacial score (nSPS) is 12.5. The lowest BCUT2D eigenvalue weighted by Crippen LogP contribution is -2.26. The number of aromatic nitrogens is 3. The molecule has 0 bridgehead atoms. The highest BCUT2D eigenvalue weighted by Gasteiger charge is 2.24. The van der Waals surface area contributed by atoms with E-state index >= 15 is 0 Å². The molecule has 0 unspecified atom stereocenters. The van der Waals surface area contributed by atoms with E-state index in [9.17, 15) is 0 Å². The molecule has 50 heavy (non-hydrogen) atoms. The molecule has 0 fully saturated rings. The minimum Gasteiger partial charge on any atom is -0.495 e. The Morgan fingerprint density at radius 3 is 1.68 bits per heavy atom. The molecule has 1 aliphatic heterocycles. The predicted octanol–water partition coefficient (Wildman–Crippen LogP) is 8.85. The zero-order chi connectivity index (χ0) is 35.2. The van der Waals surface area contributed by atoms with E-state index in [1.165, 1.54) is 5.56 Å². The Balaban J connectivity index is 1.47. The van der Waals surface area contributed by atoms with Crippen LogP contribution in [0.2, 0.25) is 0 Å². The summed E-state index contributed by atoms with van der Waals surface area (Å²) in [6, 6.07) is 25.0. The van der Waals surface area contributed by atoms with Crippen LogP contribution in [0.25, 0.3) is 55.8 Å². The molecule has 6 aromatic rings. The number of hydrogen-bond acceptors (Lipinski definition) is 6. The Bertz CT molecular complexity index is 2480. The summed E-state index contributed by atoms with van der Waals surface area (Å²) in [5.74, 6) is 1.46. The molecular weight excluding hydrogens is 617 g/mol. The fourth-order valence-electron chi connectivity index (χ4n) is 6.33. The van der Waals surface area contributed by atoms with Gasteiger partial charge in [-0.05, 0) is 76.2 Å². The summed E-state index contributed by atoms with van der Waals surface area (Å²) in [5, 5.41) is 2.54. The third-order valence-electron chi connectivity index (χ3n) is 9.17. The number of ether oxygens (including phenoxy) is 2. The minimum atomic E-state index is -0.128. The van der Waals surface area contributed by atoms with Gasteiger partial charge in [0.2, 0.25) is 0 Å². The maximum absolute atomic E-state index is 6.13. The van der Waals surface area contributed by atoms with Crippen molar-refractivity contribution < 1.29 is 9.47 Å². The Labute approximate surface area is 293 Å². The number of nitrogens with zero attached hydrogens (tertiary/aromatic N) is 4. The van der Waals surface area contributed by atoms with Crippen LogP contribution in [-0.2, 0) is 10.8 Å². The van der Waals surface area contributed by atoms with Gasteiger partial charge in [-0.1, -0.05) is 71.5 Å². The SMILES string of the molecule is COc1c(C2=C=C=c3ccc4ccc(-c5cc(C(C)(C)C)cc(-c6cccnc6)c5OC)nc4c3=N2)cc(C(C)(C)C)cc1-c1cccnc1. The average Bonchev–Trinajstić information content (AvgIpc) is 3.13. The van der Waals surface area contributed by atoms with Gasteiger partial charge in [-0.3, -0.25) is 9.97 Å². The van der Waals surface area contributed by atoms with Crippen molar-refractivity contribution >= 4 is 22.3 Å². The van der Waals surface area contributed by atoms with E-state index in [4.69, 9.17) is 19.5 Å². The quantitative estimate of drug-likeness (QED) is 0.168. The molecule has 248 valence electrons. The van der Waals surface area contributed by atoms with Crippen LogP contribution >= 0.6 is 0 Å². The fourth-order valence-corrected chi connectivity index (χ4v) is 6.33. The second kappa shape index (κ2) is 12.6. The first kappa shape index (κ1) is 32.7. The Hall–Kier alpha value is -5.80. The monoisotopic (exact) mass is 656 g/mol. The maximum Gasteiger partial charge on any atom is 0.136 e. The van der Waals surface area contributed by atoms with E-state index in [1.54, 1.807) is 26.6 Å². The first-order chi connectivity index (χ1) is 24.0. The highest BCUT2D eigenvalue weighted by Crippen LogP contribution is 2.43. The maximum atomic E-state index is 6.13. The summed E-state index contributed by atoms with van der Waals surface area (Å²) in [7, 11) is 3.41. The largest absolute Gasteiger partial charge is 0.495 e. The van der Waals surface area contributed by atoms with Gasteiger partial charge in [-0.15, -0.1) is 0 Å². The summed E-state index contributed by atoms with van der Waals surface area (Å²) in [5.41, 5.74) is 16.6. The lowest BCUT2D eigenvalue weighted by molar-refractivity contribution is 0.414. The molecule has 3 aromatic heterocycles. The predicted molar refractivity (Wildman–Crippen MR) is 202 cm³/mol. The van der Waals surface area contributed by atoms with Crippen molar-refractivity contribution in [2.75, 3.05) is 14.2 Å². The fraction of sp³-hybridized carbons (Fsp3) is 0.227. The van der Waals surface area contributed by atoms with Gasteiger partial charge in [0.15, 0.2) is 0 Å². The van der Waals surface area contributed by atoms with Crippen molar-refractivity contribution in [3.05, 3.63) is 131 Å². The van der Waals surface area contributed by atoms with E-state index < -0.39 is 0 Å². The lowest BCUT2D eigenvalue weighted by atomic mass is 9.83. The second-order valence-corrected chi connectivity index (χ2v) is 14.6. The van der Waals surface area contributed by atoms with E-state index in [-0.39, 0.29) is 10.8 Å². The topological polar surface area (TPSA) is 69.5 Å². The number of fused-ring (bicyclic) bond motifs is 3. The van der Waals surface area contributed by atoms with Gasteiger partial charge >= 0.3 is 0 Å². The minimum absolute atomic E-state index is 0.113. The molecule has 0 saturated carbocycles. The van der Waals surface area contributed by atoms with Crippen molar-refractivity contribution in [2.24, 2.45) is 4.99 Å². The first-order valence-corrected chi connectivity index (χ1v) is 16.8. The van der Waals surface area contributed by atoms with Crippen LogP contribution in [0, 0.1) is 0 Å². The van der Waals surface area contributed by atoms with E-state index in [1.807, 2.05) is 36.7 Å². The van der Waals surface area contributed by atoms with Crippen LogP contribution in [0.3, 0.4) is 0 Å². The molecule has 4 heterocycles. The molecule has 0 aliphatic carbocycles. The van der Waals surface area contributed by atoms with Crippen LogP contribution in [0.1, 0.15) is 58.2 Å². The Morgan fingerprint density at radius 2 is 1.14 bits per heavy atom. The highest BCUT2D eigenvalue weighted by molar-refractivity contribution is 5.88. The van der Waals surface area contributed by atoms with Crippen molar-refractivity contribution in [1.29, 1.82) is 0 Å². The zero-order valence-electron chi connectivity index (χ0n) is 29.8. The second-order valence-electron chi connectivity index (χ2n) is 14.6. The van der Waals surface area contributed by atoms with Gasteiger partial charge in [0.1, 0.15) is 22.6 Å². The van der Waals surface area contributed by atoms with E-state index in [2.05, 4.69) is 112 Å². The van der Waals surface area contributed by atoms with Gasteiger partial charge in [-0.25, -0.2) is 9.98 Å². The van der Waals surface area contributed by atoms with Crippen molar-refractivity contribution in [3.63, 3.8) is 0 Å². The Morgan fingerprint density at radius 1 is 0.600 bits per heavy atom. The van der Waals surface area contributed by atoms with Crippen LogP contribution in [-0.4, -0.2) is 29.2 Å². The van der Waals surface area contributed by atoms with Crippen molar-refractivity contribution in [2.45, 2.75) is 52.4 Å². The first-order valence-electron chi connectivity index (χ1n) is 16.8. The molecule has 0 N–H and O–H groups in total. The Kier molecular flexibility index (Phi) is 8.24. The van der Waals surface area contributed by atoms with E-state index in [0.29, 0.717) is 11.4 Å². The molecule has 1 aliphatic rings. The van der Waals surface area contributed by atoms with Crippen LogP contribution in [0.15, 0.2) is 108 Å². The van der Waals surface area contributed by atoms with Gasteiger partial charge in [0, 0.05) is 58.0 Å². The molecule has 7 rings (SSSR count). The molecule has 0 atom stereocenters. The molecular formula is C44H40N4O2. The number of methoxy groups -OCH3 is 2. The smallest absolute Gasteiger partial charge is 0.136 e. The van der Waals surface area contributed by atoms with Crippen LogP contribution in [0.4, 0.5) is 0 Å². The molecule has 6 nitrogen and oxygen atoms in total. The summed E-state index contributed by atoms with van der Waals surface area (Å²) < 4.78 is 12.2. The number of benzene rings is 3. The highest BCUT2D eigenvalue weighted by atomic mass is 16.5. The van der Waals surface area contributed by atoms with Gasteiger partial charge in [0.25, 0.3) is 0 Å². The number of hydrogen-bond donors (Lipinski definition) is 0. The molecule has 0 saturated heterocycles. The molecule has 6 heteroatoms. The number of pyridine rings is 3. The van der Waals surface area contributed by atoms with Crippen molar-refractivity contribution in [3.8, 4) is 45.0 Å². The molecule has 3 aromatic carbocycles. The lowest BCUT2D eigenvalue weighted by Gasteiger charge is -2.24. The molecule has 0 spiro atoms. The third-order valence-corrected chi connectivity index (χ3v) is 9.17. The molecule has 0 radical (unpaired) electrons. The van der Waals surface area contributed by atoms with Crippen molar-refractivity contribution in [1.82, 2.24) is 15.0 Å². The average molecular weight is 657 g/mol. The van der Waals surface area contributed by atoms with Gasteiger partial charge in [0.05, 0.1) is 36.2 Å². The van der Waals surface area contributed by atoms with Crippen LogP contribution in [0.5, 0.6) is 11.5 Å². The standard InChI is InChI=1S/C44H40N4O2/c1-43(2,3)31-21-33(29-11-9-19-45-25-29)41(49-7)35(23-31)37-17-15-27-13-14-28-16-18-38(48-40(28)39(27)47-37)36-24-32(44(4,5)6)22-34(42(36)50-8)30-12-10-20-46-26-30/h9-15,17,19-26H,1-8H3. The van der Waals surface area contributed by atoms with Gasteiger partial charge in [-0.2, -0.15) is 0 Å². The summed E-state index contributed by atoms with van der Waals surface area (Å²) in [6.45, 7) is 13.3. The summed E-state index contributed by atoms with van der Waals surface area (Å²) in [4.78, 5) is 19.3. The number of rotatable bonds is 6. The zero-order valence-corrected chi connectivity index (χ0v) is 29.8. The summed E-state index contributed by atoms with van der Waals surface area (Å²) >= 11 is 0.